The molecule has 0 unspecified atom stereocenters. The molecule has 6 nitrogen and oxygen atoms in total. The van der Waals surface area contributed by atoms with Gasteiger partial charge in [-0.05, 0) is 35.9 Å². The number of hydrogen-bond acceptors (Lipinski definition) is 5. The predicted molar refractivity (Wildman–Crippen MR) is 108 cm³/mol. The van der Waals surface area contributed by atoms with Crippen LogP contribution >= 0.6 is 11.6 Å². The van der Waals surface area contributed by atoms with Gasteiger partial charge in [-0.3, -0.25) is 9.78 Å². The molecule has 0 aliphatic carbocycles. The van der Waals surface area contributed by atoms with Crippen molar-refractivity contribution in [3.05, 3.63) is 77.1 Å². The van der Waals surface area contributed by atoms with Crippen LogP contribution in [0.15, 0.2) is 60.9 Å². The highest BCUT2D eigenvalue weighted by atomic mass is 35.5. The first-order valence-corrected chi connectivity index (χ1v) is 9.19. The Morgan fingerprint density at radius 1 is 0.964 bits per heavy atom. The van der Waals surface area contributed by atoms with Gasteiger partial charge in [0.25, 0.3) is 5.91 Å². The number of benzene rings is 2. The number of carbonyl (C=O) groups excluding carboxylic acids is 1. The van der Waals surface area contributed by atoms with Gasteiger partial charge in [-0.2, -0.15) is 0 Å². The van der Waals surface area contributed by atoms with Crippen molar-refractivity contribution in [1.82, 2.24) is 4.98 Å². The van der Waals surface area contributed by atoms with E-state index in [0.29, 0.717) is 47.5 Å². The Balaban J connectivity index is 1.42. The molecule has 28 heavy (non-hydrogen) atoms. The molecule has 1 aliphatic heterocycles. The molecule has 0 fully saturated rings. The third kappa shape index (κ3) is 4.35. The molecule has 1 aromatic heterocycles. The van der Waals surface area contributed by atoms with Gasteiger partial charge in [0, 0.05) is 35.7 Å². The Morgan fingerprint density at radius 3 is 2.57 bits per heavy atom. The summed E-state index contributed by atoms with van der Waals surface area (Å²) in [5.41, 5.74) is 2.92. The van der Waals surface area contributed by atoms with Crippen molar-refractivity contribution in [1.29, 1.82) is 0 Å². The van der Waals surface area contributed by atoms with Gasteiger partial charge in [0.1, 0.15) is 13.2 Å². The highest BCUT2D eigenvalue weighted by molar-refractivity contribution is 6.30. The zero-order valence-corrected chi connectivity index (χ0v) is 15.7. The Labute approximate surface area is 167 Å². The van der Waals surface area contributed by atoms with Gasteiger partial charge in [0.05, 0.1) is 11.3 Å². The van der Waals surface area contributed by atoms with E-state index in [-0.39, 0.29) is 5.91 Å². The number of fused-ring (bicyclic) bond motifs is 1. The fourth-order valence-electron chi connectivity index (χ4n) is 2.79. The van der Waals surface area contributed by atoms with Gasteiger partial charge in [0.2, 0.25) is 0 Å². The number of amides is 1. The number of pyridine rings is 1. The Morgan fingerprint density at radius 2 is 1.75 bits per heavy atom. The number of carbonyl (C=O) groups is 1. The van der Waals surface area contributed by atoms with E-state index in [1.165, 1.54) is 6.20 Å². The van der Waals surface area contributed by atoms with Crippen LogP contribution in [0.5, 0.6) is 11.5 Å². The van der Waals surface area contributed by atoms with Crippen LogP contribution in [0.1, 0.15) is 15.9 Å². The minimum Gasteiger partial charge on any atom is -0.486 e. The van der Waals surface area contributed by atoms with Crippen molar-refractivity contribution >= 4 is 28.9 Å². The van der Waals surface area contributed by atoms with Crippen LogP contribution in [0.25, 0.3) is 0 Å². The number of halogens is 1. The zero-order chi connectivity index (χ0) is 19.3. The summed E-state index contributed by atoms with van der Waals surface area (Å²) in [4.78, 5) is 16.7. The minimum atomic E-state index is -0.251. The van der Waals surface area contributed by atoms with Gasteiger partial charge in [0.15, 0.2) is 11.5 Å². The number of hydrogen-bond donors (Lipinski definition) is 2. The van der Waals surface area contributed by atoms with E-state index in [2.05, 4.69) is 15.6 Å². The van der Waals surface area contributed by atoms with Gasteiger partial charge in [-0.1, -0.05) is 23.7 Å². The molecule has 0 bridgehead atoms. The molecular weight excluding hydrogens is 378 g/mol. The lowest BCUT2D eigenvalue weighted by molar-refractivity contribution is 0.102. The van der Waals surface area contributed by atoms with Crippen LogP contribution in [-0.2, 0) is 6.54 Å². The lowest BCUT2D eigenvalue weighted by atomic mass is 10.2. The summed E-state index contributed by atoms with van der Waals surface area (Å²) < 4.78 is 11.0. The second kappa shape index (κ2) is 8.19. The van der Waals surface area contributed by atoms with Gasteiger partial charge < -0.3 is 20.1 Å². The smallest absolute Gasteiger partial charge is 0.257 e. The molecule has 1 amide bonds. The predicted octanol–water partition coefficient (Wildman–Crippen LogP) is 4.37. The molecule has 3 aromatic rings. The topological polar surface area (TPSA) is 72.5 Å². The molecule has 2 N–H and O–H groups in total. The number of ether oxygens (including phenoxy) is 2. The van der Waals surface area contributed by atoms with E-state index in [0.717, 1.165) is 11.3 Å². The molecule has 0 saturated carbocycles. The van der Waals surface area contributed by atoms with E-state index in [1.807, 2.05) is 24.3 Å². The van der Waals surface area contributed by atoms with Crippen molar-refractivity contribution in [3.8, 4) is 11.5 Å². The van der Waals surface area contributed by atoms with Gasteiger partial charge in [-0.25, -0.2) is 0 Å². The average molecular weight is 396 g/mol. The van der Waals surface area contributed by atoms with E-state index in [1.54, 1.807) is 30.5 Å². The van der Waals surface area contributed by atoms with Gasteiger partial charge >= 0.3 is 0 Å². The first-order chi connectivity index (χ1) is 13.7. The normalized spacial score (nSPS) is 12.3. The maximum atomic E-state index is 12.6. The van der Waals surface area contributed by atoms with Crippen molar-refractivity contribution in [3.63, 3.8) is 0 Å². The number of nitrogens with one attached hydrogen (secondary N) is 2. The summed E-state index contributed by atoms with van der Waals surface area (Å²) in [6.45, 7) is 1.63. The minimum absolute atomic E-state index is 0.251. The molecular formula is C21H18ClN3O3. The third-order valence-electron chi connectivity index (χ3n) is 4.21. The molecule has 0 spiro atoms. The fraction of sp³-hybridized carbons (Fsp3) is 0.143. The first kappa shape index (κ1) is 18.1. The second-order valence-corrected chi connectivity index (χ2v) is 6.69. The molecule has 2 heterocycles. The standard InChI is InChI=1S/C21H18ClN3O3/c22-16-3-1-14(2-4-16)11-24-18-9-15(12-23-13-18)21(26)25-17-5-6-19-20(10-17)28-8-7-27-19/h1-6,9-10,12-13,24H,7-8,11H2,(H,25,26). The second-order valence-electron chi connectivity index (χ2n) is 6.25. The summed E-state index contributed by atoms with van der Waals surface area (Å²) in [7, 11) is 0. The number of aromatic nitrogens is 1. The van der Waals surface area contributed by atoms with Crippen molar-refractivity contribution < 1.29 is 14.3 Å². The molecule has 0 atom stereocenters. The van der Waals surface area contributed by atoms with E-state index >= 15 is 0 Å². The molecule has 7 heteroatoms. The highest BCUT2D eigenvalue weighted by Crippen LogP contribution is 2.32. The van der Waals surface area contributed by atoms with E-state index in [4.69, 9.17) is 21.1 Å². The maximum absolute atomic E-state index is 12.6. The lowest BCUT2D eigenvalue weighted by Crippen LogP contribution is -2.16. The summed E-state index contributed by atoms with van der Waals surface area (Å²) in [6, 6.07) is 14.6. The summed E-state index contributed by atoms with van der Waals surface area (Å²) in [6.07, 6.45) is 3.21. The number of anilines is 2. The van der Waals surface area contributed by atoms with E-state index < -0.39 is 0 Å². The molecule has 1 aliphatic rings. The summed E-state index contributed by atoms with van der Waals surface area (Å²) in [5.74, 6) is 1.05. The molecule has 2 aromatic carbocycles. The molecule has 4 rings (SSSR count). The number of rotatable bonds is 5. The Hall–Kier alpha value is -3.25. The van der Waals surface area contributed by atoms with Crippen LogP contribution in [0.4, 0.5) is 11.4 Å². The first-order valence-electron chi connectivity index (χ1n) is 8.82. The monoisotopic (exact) mass is 395 g/mol. The quantitative estimate of drug-likeness (QED) is 0.671. The Bertz CT molecular complexity index is 992. The summed E-state index contributed by atoms with van der Waals surface area (Å²) in [5, 5.41) is 6.81. The lowest BCUT2D eigenvalue weighted by Gasteiger charge is -2.19. The molecule has 142 valence electrons. The molecule has 0 saturated heterocycles. The Kier molecular flexibility index (Phi) is 5.30. The average Bonchev–Trinajstić information content (AvgIpc) is 2.73. The SMILES string of the molecule is O=C(Nc1ccc2c(c1)OCCO2)c1cncc(NCc2ccc(Cl)cc2)c1. The maximum Gasteiger partial charge on any atom is 0.257 e. The van der Waals surface area contributed by atoms with Crippen molar-refractivity contribution in [2.24, 2.45) is 0 Å². The molecule has 0 radical (unpaired) electrons. The van der Waals surface area contributed by atoms with Crippen LogP contribution in [-0.4, -0.2) is 24.1 Å². The van der Waals surface area contributed by atoms with Crippen LogP contribution in [0.3, 0.4) is 0 Å². The summed E-state index contributed by atoms with van der Waals surface area (Å²) >= 11 is 5.90. The van der Waals surface area contributed by atoms with Gasteiger partial charge in [-0.15, -0.1) is 0 Å². The fourth-order valence-corrected chi connectivity index (χ4v) is 2.92. The largest absolute Gasteiger partial charge is 0.486 e. The van der Waals surface area contributed by atoms with Crippen molar-refractivity contribution in [2.45, 2.75) is 6.54 Å². The van der Waals surface area contributed by atoms with Crippen molar-refractivity contribution in [2.75, 3.05) is 23.8 Å². The number of nitrogens with zero attached hydrogens (tertiary/aromatic N) is 1. The third-order valence-corrected chi connectivity index (χ3v) is 4.46. The van der Waals surface area contributed by atoms with Crippen LogP contribution in [0, 0.1) is 0 Å². The van der Waals surface area contributed by atoms with Crippen LogP contribution in [0.2, 0.25) is 5.02 Å². The van der Waals surface area contributed by atoms with Crippen LogP contribution < -0.4 is 20.1 Å². The highest BCUT2D eigenvalue weighted by Gasteiger charge is 2.14. The zero-order valence-electron chi connectivity index (χ0n) is 14.9. The van der Waals surface area contributed by atoms with E-state index in [9.17, 15) is 4.79 Å².